The van der Waals surface area contributed by atoms with Crippen molar-refractivity contribution in [2.45, 2.75) is 55.8 Å². The number of aromatic nitrogens is 2. The molecule has 1 aliphatic carbocycles. The van der Waals surface area contributed by atoms with Crippen LogP contribution in [0.1, 0.15) is 36.9 Å². The molecule has 3 fully saturated rings. The summed E-state index contributed by atoms with van der Waals surface area (Å²) in [6.07, 6.45) is 5.29. The van der Waals surface area contributed by atoms with Crippen molar-refractivity contribution < 1.29 is 22.7 Å². The molecular formula is C26H36N4O5S. The van der Waals surface area contributed by atoms with E-state index in [1.54, 1.807) is 10.8 Å². The second kappa shape index (κ2) is 11.4. The van der Waals surface area contributed by atoms with Crippen LogP contribution in [0.5, 0.6) is 0 Å². The van der Waals surface area contributed by atoms with Crippen molar-refractivity contribution in [2.24, 2.45) is 5.92 Å². The van der Waals surface area contributed by atoms with E-state index in [1.807, 2.05) is 35.2 Å². The van der Waals surface area contributed by atoms with Crippen LogP contribution in [0.2, 0.25) is 0 Å². The van der Waals surface area contributed by atoms with Crippen LogP contribution in [0, 0.1) is 5.92 Å². The molecule has 10 heteroatoms. The molecule has 9 nitrogen and oxygen atoms in total. The number of carbonyl (C=O) groups is 1. The third-order valence-electron chi connectivity index (χ3n) is 7.17. The molecule has 0 spiro atoms. The van der Waals surface area contributed by atoms with Gasteiger partial charge in [-0.15, -0.1) is 0 Å². The van der Waals surface area contributed by atoms with Crippen LogP contribution >= 0.6 is 0 Å². The zero-order chi connectivity index (χ0) is 25.0. The fraction of sp³-hybridized carbons (Fsp3) is 0.615. The number of carbonyl (C=O) groups excluding carboxylic acids is 1. The minimum atomic E-state index is -3.68. The van der Waals surface area contributed by atoms with E-state index in [4.69, 9.17) is 9.47 Å². The number of morpholine rings is 1. The van der Waals surface area contributed by atoms with Gasteiger partial charge >= 0.3 is 0 Å². The number of ether oxygens (including phenoxy) is 2. The van der Waals surface area contributed by atoms with Crippen LogP contribution in [0.15, 0.2) is 41.7 Å². The summed E-state index contributed by atoms with van der Waals surface area (Å²) in [5.74, 6) is 0.129. The number of benzene rings is 1. The molecule has 2 aromatic rings. The number of sulfone groups is 1. The molecule has 1 saturated carbocycles. The van der Waals surface area contributed by atoms with Gasteiger partial charge in [-0.25, -0.2) is 13.4 Å². The largest absolute Gasteiger partial charge is 0.379 e. The average Bonchev–Trinajstić information content (AvgIpc) is 3.46. The van der Waals surface area contributed by atoms with Gasteiger partial charge in [0.15, 0.2) is 0 Å². The second-order valence-electron chi connectivity index (χ2n) is 10.0. The summed E-state index contributed by atoms with van der Waals surface area (Å²) in [5.41, 5.74) is 1.47. The van der Waals surface area contributed by atoms with E-state index in [0.29, 0.717) is 39.5 Å². The van der Waals surface area contributed by atoms with Gasteiger partial charge in [-0.2, -0.15) is 0 Å². The lowest BCUT2D eigenvalue weighted by Crippen LogP contribution is -2.43. The molecule has 196 valence electrons. The lowest BCUT2D eigenvalue weighted by Gasteiger charge is -2.30. The first-order chi connectivity index (χ1) is 17.5. The predicted octanol–water partition coefficient (Wildman–Crippen LogP) is 2.11. The Hall–Kier alpha value is -2.27. The maximum atomic E-state index is 13.5. The number of amides is 1. The Labute approximate surface area is 213 Å². The van der Waals surface area contributed by atoms with Crippen LogP contribution in [0.3, 0.4) is 0 Å². The number of hydrogen-bond donors (Lipinski definition) is 0. The van der Waals surface area contributed by atoms with Crippen LogP contribution in [0.25, 0.3) is 0 Å². The van der Waals surface area contributed by atoms with E-state index < -0.39 is 9.84 Å². The lowest BCUT2D eigenvalue weighted by molar-refractivity contribution is -0.133. The first-order valence-corrected chi connectivity index (χ1v) is 14.7. The summed E-state index contributed by atoms with van der Waals surface area (Å²) < 4.78 is 40.0. The maximum Gasteiger partial charge on any atom is 0.228 e. The molecule has 2 aliphatic heterocycles. The van der Waals surface area contributed by atoms with Crippen molar-refractivity contribution in [3.05, 3.63) is 47.8 Å². The van der Waals surface area contributed by atoms with Crippen LogP contribution in [-0.2, 0) is 42.9 Å². The zero-order valence-electron chi connectivity index (χ0n) is 20.8. The first kappa shape index (κ1) is 25.4. The summed E-state index contributed by atoms with van der Waals surface area (Å²) in [7, 11) is -3.68. The fourth-order valence-corrected chi connectivity index (χ4v) is 6.45. The molecule has 0 N–H and O–H groups in total. The van der Waals surface area contributed by atoms with Gasteiger partial charge in [-0.3, -0.25) is 9.69 Å². The highest BCUT2D eigenvalue weighted by Gasteiger charge is 2.35. The zero-order valence-corrected chi connectivity index (χ0v) is 21.6. The Morgan fingerprint density at radius 3 is 2.56 bits per heavy atom. The van der Waals surface area contributed by atoms with Crippen molar-refractivity contribution in [1.29, 1.82) is 0 Å². The average molecular weight is 517 g/mol. The monoisotopic (exact) mass is 516 g/mol. The molecule has 0 bridgehead atoms. The Morgan fingerprint density at radius 2 is 1.86 bits per heavy atom. The van der Waals surface area contributed by atoms with Crippen LogP contribution < -0.4 is 0 Å². The number of hydrogen-bond acceptors (Lipinski definition) is 7. The maximum absolute atomic E-state index is 13.5. The first-order valence-electron chi connectivity index (χ1n) is 13.0. The van der Waals surface area contributed by atoms with Crippen molar-refractivity contribution in [3.63, 3.8) is 0 Å². The molecule has 1 aromatic heterocycles. The number of rotatable bonds is 11. The van der Waals surface area contributed by atoms with E-state index in [-0.39, 0.29) is 28.8 Å². The summed E-state index contributed by atoms with van der Waals surface area (Å²) in [6.45, 7) is 6.00. The molecule has 1 unspecified atom stereocenters. The van der Waals surface area contributed by atoms with Gasteiger partial charge in [-0.05, 0) is 31.2 Å². The minimum absolute atomic E-state index is 0.0513. The van der Waals surface area contributed by atoms with Gasteiger partial charge in [-0.1, -0.05) is 30.3 Å². The topological polar surface area (TPSA) is 94.0 Å². The molecule has 2 saturated heterocycles. The Morgan fingerprint density at radius 1 is 1.08 bits per heavy atom. The summed E-state index contributed by atoms with van der Waals surface area (Å²) in [5, 5.41) is 0.0591. The standard InChI is InChI=1S/C26H36N4O5S/c31-25(22-8-9-22)29(11-10-28-12-15-34-16-13-28)18-23-17-27-26(30(23)19-24-7-4-14-35-24)36(32,33)20-21-5-2-1-3-6-21/h1-3,5-6,17,22,24H,4,7-16,18-20H2. The molecule has 1 atom stereocenters. The predicted molar refractivity (Wildman–Crippen MR) is 134 cm³/mol. The minimum Gasteiger partial charge on any atom is -0.379 e. The van der Waals surface area contributed by atoms with Gasteiger partial charge < -0.3 is 18.9 Å². The fourth-order valence-electron chi connectivity index (χ4n) is 4.95. The van der Waals surface area contributed by atoms with Gasteiger partial charge in [0, 0.05) is 38.7 Å². The molecule has 36 heavy (non-hydrogen) atoms. The van der Waals surface area contributed by atoms with E-state index in [0.717, 1.165) is 56.6 Å². The molecular weight excluding hydrogens is 480 g/mol. The number of nitrogens with zero attached hydrogens (tertiary/aromatic N) is 4. The van der Waals surface area contributed by atoms with E-state index in [1.165, 1.54) is 0 Å². The van der Waals surface area contributed by atoms with Crippen molar-refractivity contribution in [2.75, 3.05) is 46.0 Å². The van der Waals surface area contributed by atoms with Crippen molar-refractivity contribution >= 4 is 15.7 Å². The smallest absolute Gasteiger partial charge is 0.228 e. The molecule has 1 amide bonds. The van der Waals surface area contributed by atoms with E-state index >= 15 is 0 Å². The van der Waals surface area contributed by atoms with E-state index in [2.05, 4.69) is 9.88 Å². The quantitative estimate of drug-likeness (QED) is 0.452. The summed E-state index contributed by atoms with van der Waals surface area (Å²) in [4.78, 5) is 21.8. The lowest BCUT2D eigenvalue weighted by atomic mass is 10.2. The summed E-state index contributed by atoms with van der Waals surface area (Å²) >= 11 is 0. The van der Waals surface area contributed by atoms with Gasteiger partial charge in [0.2, 0.25) is 20.9 Å². The normalized spacial score (nSPS) is 21.1. The highest BCUT2D eigenvalue weighted by Crippen LogP contribution is 2.32. The van der Waals surface area contributed by atoms with Crippen LogP contribution in [0.4, 0.5) is 0 Å². The Balaban J connectivity index is 1.38. The molecule has 3 heterocycles. The third kappa shape index (κ3) is 6.34. The van der Waals surface area contributed by atoms with Crippen LogP contribution in [-0.4, -0.2) is 85.8 Å². The van der Waals surface area contributed by atoms with Gasteiger partial charge in [0.1, 0.15) is 0 Å². The SMILES string of the molecule is O=C(C1CC1)N(CCN1CCOCC1)Cc1cnc(S(=O)(=O)Cc2ccccc2)n1CC1CCCO1. The Bertz CT molecular complexity index is 1120. The highest BCUT2D eigenvalue weighted by molar-refractivity contribution is 7.90. The molecule has 5 rings (SSSR count). The molecule has 3 aliphatic rings. The molecule has 1 aromatic carbocycles. The third-order valence-corrected chi connectivity index (χ3v) is 8.77. The highest BCUT2D eigenvalue weighted by atomic mass is 32.2. The Kier molecular flexibility index (Phi) is 8.05. The molecule has 0 radical (unpaired) electrons. The second-order valence-corrected chi connectivity index (χ2v) is 11.9. The van der Waals surface area contributed by atoms with Crippen molar-refractivity contribution in [1.82, 2.24) is 19.4 Å². The van der Waals surface area contributed by atoms with Crippen molar-refractivity contribution in [3.8, 4) is 0 Å². The summed E-state index contributed by atoms with van der Waals surface area (Å²) in [6, 6.07) is 9.17. The van der Waals surface area contributed by atoms with Gasteiger partial charge in [0.05, 0.1) is 50.1 Å². The van der Waals surface area contributed by atoms with E-state index in [9.17, 15) is 13.2 Å². The number of imidazole rings is 1. The van der Waals surface area contributed by atoms with Gasteiger partial charge in [0.25, 0.3) is 0 Å².